The van der Waals surface area contributed by atoms with Crippen molar-refractivity contribution in [1.82, 2.24) is 29.1 Å². The van der Waals surface area contributed by atoms with E-state index in [0.717, 1.165) is 12.8 Å². The highest BCUT2D eigenvalue weighted by molar-refractivity contribution is 6.00. The van der Waals surface area contributed by atoms with Crippen LogP contribution in [0.1, 0.15) is 69.1 Å². The Morgan fingerprint density at radius 1 is 1.11 bits per heavy atom. The summed E-state index contributed by atoms with van der Waals surface area (Å²) in [4.78, 5) is 40.9. The van der Waals surface area contributed by atoms with E-state index in [9.17, 15) is 23.2 Å². The van der Waals surface area contributed by atoms with Crippen molar-refractivity contribution < 1.29 is 27.2 Å². The number of benzene rings is 1. The topological polar surface area (TPSA) is 123 Å². The Balaban J connectivity index is 1.13. The summed E-state index contributed by atoms with van der Waals surface area (Å²) in [6, 6.07) is 3.22. The van der Waals surface area contributed by atoms with E-state index in [2.05, 4.69) is 10.4 Å². The normalized spacial score (nSPS) is 25.8. The number of para-hydroxylation sites is 1. The van der Waals surface area contributed by atoms with Crippen molar-refractivity contribution in [2.24, 2.45) is 13.0 Å². The number of hydrogen-bond donors (Lipinski definition) is 2. The molecule has 0 bridgehead atoms. The van der Waals surface area contributed by atoms with E-state index >= 15 is 8.78 Å². The first-order valence-corrected chi connectivity index (χ1v) is 15.3. The lowest BCUT2D eigenvalue weighted by atomic mass is 9.85. The summed E-state index contributed by atoms with van der Waals surface area (Å²) < 4.78 is 62.1. The summed E-state index contributed by atoms with van der Waals surface area (Å²) in [5.74, 6) is -3.80. The number of aromatic nitrogens is 4. The molecule has 1 saturated carbocycles. The highest BCUT2D eigenvalue weighted by Crippen LogP contribution is 2.39. The predicted octanol–water partition coefficient (Wildman–Crippen LogP) is 3.61. The predicted molar refractivity (Wildman–Crippen MR) is 159 cm³/mol. The molecule has 3 fully saturated rings. The molecule has 45 heavy (non-hydrogen) atoms. The number of rotatable bonds is 7. The third-order valence-electron chi connectivity index (χ3n) is 9.77. The van der Waals surface area contributed by atoms with E-state index in [4.69, 9.17) is 5.73 Å². The molecular formula is C30H38F4N8O3. The van der Waals surface area contributed by atoms with Crippen LogP contribution in [0, 0.1) is 5.92 Å². The molecule has 1 aromatic carbocycles. The summed E-state index contributed by atoms with van der Waals surface area (Å²) >= 11 is 0. The number of amides is 2. The molecule has 4 heterocycles. The number of aryl methyl sites for hydroxylation is 1. The minimum absolute atomic E-state index is 0.0224. The number of imide groups is 1. The number of piperidine rings is 2. The number of halogens is 4. The number of alkyl halides is 4. The third-order valence-corrected chi connectivity index (χ3v) is 9.77. The first-order chi connectivity index (χ1) is 21.4. The number of nitrogens with one attached hydrogen (secondary N) is 1. The molecule has 11 nitrogen and oxygen atoms in total. The summed E-state index contributed by atoms with van der Waals surface area (Å²) in [5.41, 5.74) is 6.23. The van der Waals surface area contributed by atoms with Crippen LogP contribution in [-0.2, 0) is 16.6 Å². The second kappa shape index (κ2) is 11.8. The Bertz CT molecular complexity index is 1660. The fourth-order valence-corrected chi connectivity index (χ4v) is 7.48. The standard InChI is InChI=1S/C30H38F4N8O3/c1-38(14-17-6-8-18(9-7-17)41-15-19(35)25(37-41)27(31)32)23-12-13-40(16-30(23,33)34)20-4-3-5-21-26(20)39(2)29(45)42(21)22-10-11-24(43)36-28(22)44/h3-5,15,17-18,22-23,27H,6-14,16,35H2,1-2H3,(H,36,43,44)/t17-,18-,22?,23?. The van der Waals surface area contributed by atoms with Crippen molar-refractivity contribution >= 4 is 34.2 Å². The van der Waals surface area contributed by atoms with Crippen LogP contribution in [0.25, 0.3) is 11.0 Å². The van der Waals surface area contributed by atoms with Crippen molar-refractivity contribution in [2.75, 3.05) is 37.3 Å². The second-order valence-electron chi connectivity index (χ2n) is 12.7. The Labute approximate surface area is 256 Å². The van der Waals surface area contributed by atoms with E-state index in [1.54, 1.807) is 42.1 Å². The van der Waals surface area contributed by atoms with Gasteiger partial charge in [-0.2, -0.15) is 5.10 Å². The summed E-state index contributed by atoms with van der Waals surface area (Å²) in [6.07, 6.45) is 2.17. The Kier molecular flexibility index (Phi) is 8.16. The fraction of sp³-hybridized carbons (Fsp3) is 0.600. The van der Waals surface area contributed by atoms with E-state index < -0.39 is 54.2 Å². The first kappa shape index (κ1) is 31.1. The smallest absolute Gasteiger partial charge is 0.329 e. The lowest BCUT2D eigenvalue weighted by molar-refractivity contribution is -0.135. The number of nitrogens with two attached hydrogens (primary N) is 1. The van der Waals surface area contributed by atoms with E-state index in [1.807, 2.05) is 0 Å². The van der Waals surface area contributed by atoms with Gasteiger partial charge in [-0.1, -0.05) is 6.07 Å². The maximum atomic E-state index is 15.8. The Morgan fingerprint density at radius 3 is 2.49 bits per heavy atom. The lowest BCUT2D eigenvalue weighted by Gasteiger charge is -2.44. The number of hydrogen-bond acceptors (Lipinski definition) is 7. The van der Waals surface area contributed by atoms with Gasteiger partial charge in [-0.3, -0.25) is 33.6 Å². The molecule has 2 saturated heterocycles. The molecule has 244 valence electrons. The van der Waals surface area contributed by atoms with Crippen LogP contribution in [0.2, 0.25) is 0 Å². The quantitative estimate of drug-likeness (QED) is 0.301. The van der Waals surface area contributed by atoms with Crippen LogP contribution in [0.5, 0.6) is 0 Å². The van der Waals surface area contributed by atoms with Crippen LogP contribution in [0.3, 0.4) is 0 Å². The number of carbonyl (C=O) groups excluding carboxylic acids is 2. The van der Waals surface area contributed by atoms with Crippen molar-refractivity contribution in [3.63, 3.8) is 0 Å². The van der Waals surface area contributed by atoms with Crippen LogP contribution >= 0.6 is 0 Å². The summed E-state index contributed by atoms with van der Waals surface area (Å²) in [6.45, 7) is 0.315. The zero-order chi connectivity index (χ0) is 32.2. The molecule has 3 aromatic rings. The lowest BCUT2D eigenvalue weighted by Crippen LogP contribution is -2.58. The summed E-state index contributed by atoms with van der Waals surface area (Å²) in [7, 11) is 3.29. The molecule has 0 radical (unpaired) electrons. The van der Waals surface area contributed by atoms with Gasteiger partial charge in [0.05, 0.1) is 41.0 Å². The van der Waals surface area contributed by atoms with Crippen molar-refractivity contribution in [1.29, 1.82) is 0 Å². The number of nitrogens with zero attached hydrogens (tertiary/aromatic N) is 6. The number of fused-ring (bicyclic) bond motifs is 1. The second-order valence-corrected chi connectivity index (χ2v) is 12.7. The number of nitrogen functional groups attached to an aromatic ring is 1. The van der Waals surface area contributed by atoms with Crippen LogP contribution < -0.4 is 21.6 Å². The van der Waals surface area contributed by atoms with Gasteiger partial charge in [0.25, 0.3) is 12.3 Å². The molecule has 0 spiro atoms. The summed E-state index contributed by atoms with van der Waals surface area (Å²) in [5, 5.41) is 6.26. The maximum absolute atomic E-state index is 15.8. The van der Waals surface area contributed by atoms with Crippen molar-refractivity contribution in [3.8, 4) is 0 Å². The molecule has 3 aliphatic rings. The van der Waals surface area contributed by atoms with E-state index in [1.165, 1.54) is 20.0 Å². The molecule has 1 aliphatic carbocycles. The molecule has 2 aliphatic heterocycles. The van der Waals surface area contributed by atoms with Gasteiger partial charge in [-0.05, 0) is 63.6 Å². The largest absolute Gasteiger partial charge is 0.396 e. The average molecular weight is 635 g/mol. The van der Waals surface area contributed by atoms with Crippen molar-refractivity contribution in [3.05, 3.63) is 40.6 Å². The zero-order valence-corrected chi connectivity index (χ0v) is 25.3. The minimum Gasteiger partial charge on any atom is -0.396 e. The van der Waals surface area contributed by atoms with Crippen LogP contribution in [0.4, 0.5) is 28.9 Å². The molecule has 2 unspecified atom stereocenters. The van der Waals surface area contributed by atoms with Crippen LogP contribution in [-0.4, -0.2) is 74.3 Å². The van der Waals surface area contributed by atoms with Gasteiger partial charge in [0.1, 0.15) is 6.04 Å². The van der Waals surface area contributed by atoms with Gasteiger partial charge >= 0.3 is 5.69 Å². The van der Waals surface area contributed by atoms with Gasteiger partial charge in [0.15, 0.2) is 5.69 Å². The number of anilines is 2. The number of carbonyl (C=O) groups is 2. The zero-order valence-electron chi connectivity index (χ0n) is 25.3. The highest BCUT2D eigenvalue weighted by atomic mass is 19.3. The van der Waals surface area contributed by atoms with Gasteiger partial charge in [0, 0.05) is 32.8 Å². The Morgan fingerprint density at radius 2 is 1.84 bits per heavy atom. The van der Waals surface area contributed by atoms with Crippen LogP contribution in [0.15, 0.2) is 29.2 Å². The van der Waals surface area contributed by atoms with E-state index in [0.29, 0.717) is 42.7 Å². The fourth-order valence-electron chi connectivity index (χ4n) is 7.48. The molecule has 2 atom stereocenters. The third kappa shape index (κ3) is 5.70. The molecule has 3 N–H and O–H groups in total. The van der Waals surface area contributed by atoms with Gasteiger partial charge in [0.2, 0.25) is 11.8 Å². The van der Waals surface area contributed by atoms with Crippen molar-refractivity contribution in [2.45, 2.75) is 75.4 Å². The minimum atomic E-state index is -3.05. The SMILES string of the molecule is CN(C[C@H]1CC[C@H](n2cc(N)c(C(F)F)n2)CC1)C1CCN(c2cccc3c2n(C)c(=O)n3C2CCC(=O)NC2=O)CC1(F)F. The maximum Gasteiger partial charge on any atom is 0.329 e. The molecule has 2 aromatic heterocycles. The molecule has 2 amide bonds. The Hall–Kier alpha value is -3.88. The highest BCUT2D eigenvalue weighted by Gasteiger charge is 2.47. The van der Waals surface area contributed by atoms with Gasteiger partial charge in [-0.25, -0.2) is 22.4 Å². The first-order valence-electron chi connectivity index (χ1n) is 15.3. The molecule has 15 heteroatoms. The van der Waals surface area contributed by atoms with Gasteiger partial charge in [-0.15, -0.1) is 0 Å². The molecule has 6 rings (SSSR count). The van der Waals surface area contributed by atoms with E-state index in [-0.39, 0.29) is 36.9 Å². The monoisotopic (exact) mass is 634 g/mol. The average Bonchev–Trinajstić information content (AvgIpc) is 3.50. The van der Waals surface area contributed by atoms with Gasteiger partial charge < -0.3 is 10.6 Å². The number of imidazole rings is 1. The molecular weight excluding hydrogens is 596 g/mol.